The molecule has 0 saturated carbocycles. The first kappa shape index (κ1) is 10.4. The number of carboxylic acids is 1. The highest BCUT2D eigenvalue weighted by atomic mass is 16.4. The van der Waals surface area contributed by atoms with Crippen molar-refractivity contribution >= 4 is 5.97 Å². The third-order valence-corrected chi connectivity index (χ3v) is 2.33. The summed E-state index contributed by atoms with van der Waals surface area (Å²) in [6, 6.07) is 7.61. The molecular formula is C12H11NO3. The third-order valence-electron chi connectivity index (χ3n) is 2.33. The number of carbonyl (C=O) groups is 1. The SMILES string of the molecule is O=C(O)CCc1ccccc1-c1cocn1. The van der Waals surface area contributed by atoms with Crippen molar-refractivity contribution in [2.24, 2.45) is 0 Å². The van der Waals surface area contributed by atoms with Gasteiger partial charge in [-0.15, -0.1) is 0 Å². The fraction of sp³-hybridized carbons (Fsp3) is 0.167. The van der Waals surface area contributed by atoms with Crippen molar-refractivity contribution in [3.05, 3.63) is 42.5 Å². The van der Waals surface area contributed by atoms with E-state index in [1.807, 2.05) is 24.3 Å². The van der Waals surface area contributed by atoms with Gasteiger partial charge in [0.05, 0.1) is 0 Å². The Balaban J connectivity index is 2.27. The summed E-state index contributed by atoms with van der Waals surface area (Å²) in [4.78, 5) is 14.6. The second-order valence-corrected chi connectivity index (χ2v) is 3.42. The van der Waals surface area contributed by atoms with E-state index in [9.17, 15) is 4.79 Å². The predicted octanol–water partition coefficient (Wildman–Crippen LogP) is 2.36. The maximum atomic E-state index is 10.5. The smallest absolute Gasteiger partial charge is 0.303 e. The molecule has 0 radical (unpaired) electrons. The second kappa shape index (κ2) is 4.61. The molecule has 0 saturated heterocycles. The van der Waals surface area contributed by atoms with E-state index in [1.165, 1.54) is 6.39 Å². The molecule has 0 atom stereocenters. The van der Waals surface area contributed by atoms with Crippen LogP contribution in [0, 0.1) is 0 Å². The molecule has 0 aliphatic rings. The molecule has 82 valence electrons. The van der Waals surface area contributed by atoms with Crippen molar-refractivity contribution in [2.45, 2.75) is 12.8 Å². The van der Waals surface area contributed by atoms with Crippen LogP contribution in [0.2, 0.25) is 0 Å². The molecule has 0 fully saturated rings. The Morgan fingerprint density at radius 2 is 2.19 bits per heavy atom. The van der Waals surface area contributed by atoms with Gasteiger partial charge < -0.3 is 9.52 Å². The Morgan fingerprint density at radius 3 is 2.88 bits per heavy atom. The van der Waals surface area contributed by atoms with Gasteiger partial charge in [0.2, 0.25) is 0 Å². The number of aromatic nitrogens is 1. The minimum atomic E-state index is -0.796. The first-order valence-corrected chi connectivity index (χ1v) is 4.95. The zero-order valence-corrected chi connectivity index (χ0v) is 8.59. The highest BCUT2D eigenvalue weighted by Crippen LogP contribution is 2.22. The lowest BCUT2D eigenvalue weighted by Gasteiger charge is -2.04. The zero-order valence-electron chi connectivity index (χ0n) is 8.59. The molecule has 16 heavy (non-hydrogen) atoms. The molecule has 1 heterocycles. The van der Waals surface area contributed by atoms with E-state index in [4.69, 9.17) is 9.52 Å². The van der Waals surface area contributed by atoms with Crippen molar-refractivity contribution < 1.29 is 14.3 Å². The molecule has 0 spiro atoms. The fourth-order valence-electron chi connectivity index (χ4n) is 1.58. The number of aryl methyl sites for hydroxylation is 1. The van der Waals surface area contributed by atoms with E-state index in [1.54, 1.807) is 6.26 Å². The summed E-state index contributed by atoms with van der Waals surface area (Å²) in [5.74, 6) is -0.796. The Morgan fingerprint density at radius 1 is 1.38 bits per heavy atom. The van der Waals surface area contributed by atoms with Crippen LogP contribution in [0.4, 0.5) is 0 Å². The summed E-state index contributed by atoms with van der Waals surface area (Å²) in [7, 11) is 0. The molecule has 0 bridgehead atoms. The molecule has 1 aromatic heterocycles. The molecule has 0 unspecified atom stereocenters. The number of rotatable bonds is 4. The first-order valence-electron chi connectivity index (χ1n) is 4.95. The number of hydrogen-bond acceptors (Lipinski definition) is 3. The monoisotopic (exact) mass is 217 g/mol. The van der Waals surface area contributed by atoms with E-state index < -0.39 is 5.97 Å². The van der Waals surface area contributed by atoms with Gasteiger partial charge in [-0.2, -0.15) is 0 Å². The number of benzene rings is 1. The molecule has 4 heteroatoms. The van der Waals surface area contributed by atoms with E-state index >= 15 is 0 Å². The van der Waals surface area contributed by atoms with Crippen LogP contribution in [0.1, 0.15) is 12.0 Å². The third kappa shape index (κ3) is 2.28. The number of nitrogens with zero attached hydrogens (tertiary/aromatic N) is 1. The van der Waals surface area contributed by atoms with Gasteiger partial charge in [-0.3, -0.25) is 4.79 Å². The van der Waals surface area contributed by atoms with E-state index in [2.05, 4.69) is 4.98 Å². The molecule has 0 aliphatic heterocycles. The van der Waals surface area contributed by atoms with Gasteiger partial charge in [-0.1, -0.05) is 24.3 Å². The van der Waals surface area contributed by atoms with Crippen LogP contribution in [0.25, 0.3) is 11.3 Å². The van der Waals surface area contributed by atoms with Gasteiger partial charge in [0.25, 0.3) is 0 Å². The minimum Gasteiger partial charge on any atom is -0.481 e. The number of carboxylic acid groups (broad SMARTS) is 1. The summed E-state index contributed by atoms with van der Waals surface area (Å²) in [5.41, 5.74) is 2.64. The average Bonchev–Trinajstić information content (AvgIpc) is 2.80. The van der Waals surface area contributed by atoms with Crippen LogP contribution in [-0.4, -0.2) is 16.1 Å². The first-order chi connectivity index (χ1) is 7.77. The van der Waals surface area contributed by atoms with Gasteiger partial charge in [-0.05, 0) is 12.0 Å². The van der Waals surface area contributed by atoms with Gasteiger partial charge in [0, 0.05) is 12.0 Å². The van der Waals surface area contributed by atoms with Crippen molar-refractivity contribution in [3.63, 3.8) is 0 Å². The van der Waals surface area contributed by atoms with Crippen LogP contribution >= 0.6 is 0 Å². The zero-order chi connectivity index (χ0) is 11.4. The summed E-state index contributed by atoms with van der Waals surface area (Å²) in [6.45, 7) is 0. The maximum absolute atomic E-state index is 10.5. The molecular weight excluding hydrogens is 206 g/mol. The molecule has 0 aliphatic carbocycles. The topological polar surface area (TPSA) is 63.3 Å². The van der Waals surface area contributed by atoms with Crippen LogP contribution < -0.4 is 0 Å². The highest BCUT2D eigenvalue weighted by molar-refractivity contribution is 5.69. The Hall–Kier alpha value is -2.10. The minimum absolute atomic E-state index is 0.120. The Labute approximate surface area is 92.6 Å². The lowest BCUT2D eigenvalue weighted by Crippen LogP contribution is -1.98. The predicted molar refractivity (Wildman–Crippen MR) is 57.9 cm³/mol. The summed E-state index contributed by atoms with van der Waals surface area (Å²) < 4.78 is 4.92. The molecule has 2 rings (SSSR count). The lowest BCUT2D eigenvalue weighted by molar-refractivity contribution is -0.136. The van der Waals surface area contributed by atoms with Gasteiger partial charge in [-0.25, -0.2) is 4.98 Å². The quantitative estimate of drug-likeness (QED) is 0.853. The van der Waals surface area contributed by atoms with E-state index in [0.717, 1.165) is 16.8 Å². The second-order valence-electron chi connectivity index (χ2n) is 3.42. The summed E-state index contributed by atoms with van der Waals surface area (Å²) >= 11 is 0. The number of hydrogen-bond donors (Lipinski definition) is 1. The van der Waals surface area contributed by atoms with Gasteiger partial charge in [0.1, 0.15) is 12.0 Å². The molecule has 1 N–H and O–H groups in total. The van der Waals surface area contributed by atoms with Crippen LogP contribution in [0.5, 0.6) is 0 Å². The maximum Gasteiger partial charge on any atom is 0.303 e. The summed E-state index contributed by atoms with van der Waals surface area (Å²) in [5, 5.41) is 8.66. The number of aliphatic carboxylic acids is 1. The normalized spacial score (nSPS) is 10.2. The molecule has 4 nitrogen and oxygen atoms in total. The standard InChI is InChI=1S/C12H11NO3/c14-12(15)6-5-9-3-1-2-4-10(9)11-7-16-8-13-11/h1-4,7-8H,5-6H2,(H,14,15). The average molecular weight is 217 g/mol. The van der Waals surface area contributed by atoms with E-state index in [0.29, 0.717) is 6.42 Å². The van der Waals surface area contributed by atoms with Crippen molar-refractivity contribution in [1.29, 1.82) is 0 Å². The van der Waals surface area contributed by atoms with Crippen molar-refractivity contribution in [3.8, 4) is 11.3 Å². The molecule has 2 aromatic rings. The Bertz CT molecular complexity index is 477. The largest absolute Gasteiger partial charge is 0.481 e. The van der Waals surface area contributed by atoms with E-state index in [-0.39, 0.29) is 6.42 Å². The highest BCUT2D eigenvalue weighted by Gasteiger charge is 2.08. The van der Waals surface area contributed by atoms with Crippen LogP contribution in [0.15, 0.2) is 41.3 Å². The van der Waals surface area contributed by atoms with Crippen LogP contribution in [0.3, 0.4) is 0 Å². The van der Waals surface area contributed by atoms with Crippen molar-refractivity contribution in [1.82, 2.24) is 4.98 Å². The lowest BCUT2D eigenvalue weighted by atomic mass is 10.0. The summed E-state index contributed by atoms with van der Waals surface area (Å²) in [6.07, 6.45) is 3.54. The van der Waals surface area contributed by atoms with Gasteiger partial charge in [0.15, 0.2) is 6.39 Å². The van der Waals surface area contributed by atoms with Gasteiger partial charge >= 0.3 is 5.97 Å². The molecule has 1 aromatic carbocycles. The fourth-order valence-corrected chi connectivity index (χ4v) is 1.58. The Kier molecular flexibility index (Phi) is 3.00. The number of oxazole rings is 1. The van der Waals surface area contributed by atoms with Crippen molar-refractivity contribution in [2.75, 3.05) is 0 Å². The van der Waals surface area contributed by atoms with Crippen LogP contribution in [-0.2, 0) is 11.2 Å². The molecule has 0 amide bonds.